The van der Waals surface area contributed by atoms with Crippen molar-refractivity contribution in [2.75, 3.05) is 13.1 Å². The molecule has 1 fully saturated rings. The highest BCUT2D eigenvalue weighted by Gasteiger charge is 2.31. The van der Waals surface area contributed by atoms with Gasteiger partial charge in [-0.15, -0.1) is 11.3 Å². The highest BCUT2D eigenvalue weighted by molar-refractivity contribution is 7.14. The molecule has 1 unspecified atom stereocenters. The quantitative estimate of drug-likeness (QED) is 0.834. The summed E-state index contributed by atoms with van der Waals surface area (Å²) in [5.74, 6) is -1.12. The predicted molar refractivity (Wildman–Crippen MR) is 76.8 cm³/mol. The van der Waals surface area contributed by atoms with E-state index in [0.717, 1.165) is 17.4 Å². The van der Waals surface area contributed by atoms with Crippen molar-refractivity contribution in [2.45, 2.75) is 25.4 Å². The number of thiophene rings is 1. The summed E-state index contributed by atoms with van der Waals surface area (Å²) in [6.07, 6.45) is 4.01. The van der Waals surface area contributed by atoms with E-state index in [-0.39, 0.29) is 5.91 Å². The maximum atomic E-state index is 12.3. The first-order valence-electron chi connectivity index (χ1n) is 6.40. The van der Waals surface area contributed by atoms with Crippen LogP contribution in [0.15, 0.2) is 18.2 Å². The Morgan fingerprint density at radius 3 is 2.85 bits per heavy atom. The fourth-order valence-corrected chi connectivity index (χ4v) is 3.14. The van der Waals surface area contributed by atoms with Gasteiger partial charge < -0.3 is 15.1 Å². The second-order valence-corrected chi connectivity index (χ2v) is 6.32. The molecule has 6 heteroatoms. The third-order valence-electron chi connectivity index (χ3n) is 3.19. The fourth-order valence-electron chi connectivity index (χ4n) is 2.26. The van der Waals surface area contributed by atoms with Crippen LogP contribution in [0.5, 0.6) is 0 Å². The first-order chi connectivity index (χ1) is 9.37. The number of carboxylic acids is 1. The normalized spacial score (nSPS) is 23.2. The molecule has 5 nitrogen and oxygen atoms in total. The van der Waals surface area contributed by atoms with Gasteiger partial charge >= 0.3 is 5.97 Å². The second-order valence-electron chi connectivity index (χ2n) is 5.20. The van der Waals surface area contributed by atoms with Crippen LogP contribution in [-0.2, 0) is 4.79 Å². The van der Waals surface area contributed by atoms with Gasteiger partial charge in [0.25, 0.3) is 5.91 Å². The lowest BCUT2D eigenvalue weighted by atomic mass is 9.95. The molecule has 2 heterocycles. The van der Waals surface area contributed by atoms with Crippen LogP contribution in [0, 0.1) is 0 Å². The number of carbonyl (C=O) groups excluding carboxylic acids is 1. The summed E-state index contributed by atoms with van der Waals surface area (Å²) in [6, 6.07) is 3.41. The van der Waals surface area contributed by atoms with E-state index in [9.17, 15) is 14.7 Å². The molecule has 2 N–H and O–H groups in total. The molecular formula is C14H17NO4S. The Bertz CT molecular complexity index is 547. The van der Waals surface area contributed by atoms with E-state index in [4.69, 9.17) is 5.11 Å². The molecule has 1 aliphatic rings. The van der Waals surface area contributed by atoms with E-state index in [0.29, 0.717) is 24.4 Å². The van der Waals surface area contributed by atoms with Crippen molar-refractivity contribution in [3.8, 4) is 0 Å². The smallest absolute Gasteiger partial charge is 0.328 e. The minimum absolute atomic E-state index is 0.107. The van der Waals surface area contributed by atoms with Gasteiger partial charge in [0.15, 0.2) is 0 Å². The van der Waals surface area contributed by atoms with Gasteiger partial charge in [-0.1, -0.05) is 0 Å². The molecule has 1 aromatic rings. The number of amides is 1. The number of aliphatic carboxylic acids is 1. The number of hydrogen-bond acceptors (Lipinski definition) is 4. The molecule has 0 aromatic carbocycles. The van der Waals surface area contributed by atoms with Gasteiger partial charge in [0.05, 0.1) is 10.5 Å². The van der Waals surface area contributed by atoms with Crippen molar-refractivity contribution in [3.63, 3.8) is 0 Å². The molecular weight excluding hydrogens is 278 g/mol. The highest BCUT2D eigenvalue weighted by atomic mass is 32.1. The molecule has 1 saturated heterocycles. The minimum Gasteiger partial charge on any atom is -0.478 e. The van der Waals surface area contributed by atoms with Gasteiger partial charge in [-0.05, 0) is 38.0 Å². The third-order valence-corrected chi connectivity index (χ3v) is 4.23. The zero-order valence-electron chi connectivity index (χ0n) is 11.2. The van der Waals surface area contributed by atoms with Gasteiger partial charge in [-0.2, -0.15) is 0 Å². The van der Waals surface area contributed by atoms with Crippen molar-refractivity contribution >= 4 is 29.3 Å². The first-order valence-corrected chi connectivity index (χ1v) is 7.21. The molecule has 0 radical (unpaired) electrons. The number of aliphatic hydroxyl groups is 1. The number of piperidine rings is 1. The number of β-amino-alcohol motifs (C(OH)–C–C–N with tert-alkyl or cyclic N) is 1. The number of carbonyl (C=O) groups is 2. The van der Waals surface area contributed by atoms with E-state index < -0.39 is 11.6 Å². The largest absolute Gasteiger partial charge is 0.478 e. The van der Waals surface area contributed by atoms with E-state index >= 15 is 0 Å². The Balaban J connectivity index is 2.08. The summed E-state index contributed by atoms with van der Waals surface area (Å²) in [4.78, 5) is 25.7. The van der Waals surface area contributed by atoms with Crippen molar-refractivity contribution in [3.05, 3.63) is 28.0 Å². The predicted octanol–water partition coefficient (Wildman–Crippen LogP) is 1.83. The number of rotatable bonds is 3. The summed E-state index contributed by atoms with van der Waals surface area (Å²) < 4.78 is 0. The number of nitrogens with zero attached hydrogens (tertiary/aromatic N) is 1. The fraction of sp³-hybridized carbons (Fsp3) is 0.429. The zero-order chi connectivity index (χ0) is 14.8. The average molecular weight is 295 g/mol. The van der Waals surface area contributed by atoms with Crippen LogP contribution in [0.25, 0.3) is 6.08 Å². The lowest BCUT2D eigenvalue weighted by molar-refractivity contribution is -0.131. The van der Waals surface area contributed by atoms with E-state index in [1.165, 1.54) is 17.4 Å². The average Bonchev–Trinajstić information content (AvgIpc) is 2.83. The van der Waals surface area contributed by atoms with Crippen molar-refractivity contribution in [1.29, 1.82) is 0 Å². The number of likely N-dealkylation sites (tertiary alicyclic amines) is 1. The van der Waals surface area contributed by atoms with Crippen LogP contribution in [-0.4, -0.2) is 45.7 Å². The Labute approximate surface area is 121 Å². The lowest BCUT2D eigenvalue weighted by Crippen LogP contribution is -2.48. The Morgan fingerprint density at radius 2 is 2.20 bits per heavy atom. The second kappa shape index (κ2) is 5.76. The maximum Gasteiger partial charge on any atom is 0.328 e. The summed E-state index contributed by atoms with van der Waals surface area (Å²) in [5.41, 5.74) is -0.822. The van der Waals surface area contributed by atoms with Crippen molar-refractivity contribution in [1.82, 2.24) is 4.90 Å². The number of carboxylic acid groups (broad SMARTS) is 1. The van der Waals surface area contributed by atoms with Crippen LogP contribution in [0.1, 0.15) is 34.3 Å². The summed E-state index contributed by atoms with van der Waals surface area (Å²) in [5, 5.41) is 18.6. The summed E-state index contributed by atoms with van der Waals surface area (Å²) in [6.45, 7) is 2.72. The summed E-state index contributed by atoms with van der Waals surface area (Å²) in [7, 11) is 0. The topological polar surface area (TPSA) is 77.8 Å². The van der Waals surface area contributed by atoms with Crippen LogP contribution >= 0.6 is 11.3 Å². The van der Waals surface area contributed by atoms with Crippen molar-refractivity contribution in [2.24, 2.45) is 0 Å². The Morgan fingerprint density at radius 1 is 1.45 bits per heavy atom. The lowest BCUT2D eigenvalue weighted by Gasteiger charge is -2.36. The van der Waals surface area contributed by atoms with Gasteiger partial charge in [0.2, 0.25) is 0 Å². The molecule has 0 aliphatic carbocycles. The Hall–Kier alpha value is -1.66. The van der Waals surface area contributed by atoms with Crippen molar-refractivity contribution < 1.29 is 19.8 Å². The maximum absolute atomic E-state index is 12.3. The zero-order valence-corrected chi connectivity index (χ0v) is 12.0. The molecule has 2 rings (SSSR count). The summed E-state index contributed by atoms with van der Waals surface area (Å²) >= 11 is 1.25. The monoisotopic (exact) mass is 295 g/mol. The molecule has 0 saturated carbocycles. The number of hydrogen-bond donors (Lipinski definition) is 2. The first kappa shape index (κ1) is 14.7. The standard InChI is InChI=1S/C14H17NO4S/c1-14(19)7-2-8-15(9-14)13(18)11-5-3-10(20-11)4-6-12(16)17/h3-6,19H,2,7-9H2,1H3,(H,16,17)/b6-4+. The molecule has 1 aromatic heterocycles. The van der Waals surface area contributed by atoms with Gasteiger partial charge in [0.1, 0.15) is 0 Å². The molecule has 1 aliphatic heterocycles. The van der Waals surface area contributed by atoms with E-state index in [2.05, 4.69) is 0 Å². The highest BCUT2D eigenvalue weighted by Crippen LogP contribution is 2.25. The molecule has 108 valence electrons. The van der Waals surface area contributed by atoms with Crippen LogP contribution in [0.4, 0.5) is 0 Å². The SMILES string of the molecule is CC1(O)CCCN(C(=O)c2ccc(/C=C/C(=O)O)s2)C1. The third kappa shape index (κ3) is 3.68. The molecule has 0 spiro atoms. The van der Waals surface area contributed by atoms with Crippen LogP contribution in [0.2, 0.25) is 0 Å². The van der Waals surface area contributed by atoms with Crippen LogP contribution in [0.3, 0.4) is 0 Å². The molecule has 1 atom stereocenters. The van der Waals surface area contributed by atoms with Gasteiger partial charge in [-0.25, -0.2) is 4.79 Å². The van der Waals surface area contributed by atoms with Gasteiger partial charge in [0, 0.05) is 24.0 Å². The Kier molecular flexibility index (Phi) is 4.25. The van der Waals surface area contributed by atoms with Gasteiger partial charge in [-0.3, -0.25) is 4.79 Å². The minimum atomic E-state index is -1.02. The van der Waals surface area contributed by atoms with E-state index in [1.54, 1.807) is 24.0 Å². The molecule has 20 heavy (non-hydrogen) atoms. The van der Waals surface area contributed by atoms with Crippen LogP contribution < -0.4 is 0 Å². The molecule has 1 amide bonds. The molecule has 0 bridgehead atoms. The van der Waals surface area contributed by atoms with E-state index in [1.807, 2.05) is 0 Å².